The van der Waals surface area contributed by atoms with E-state index >= 15 is 0 Å². The Morgan fingerprint density at radius 1 is 1.54 bits per heavy atom. The predicted molar refractivity (Wildman–Crippen MR) is 88.4 cm³/mol. The number of aliphatic hydroxyl groups is 2. The van der Waals surface area contributed by atoms with Crippen LogP contribution in [0.1, 0.15) is 25.3 Å². The van der Waals surface area contributed by atoms with Gasteiger partial charge in [-0.25, -0.2) is 0 Å². The van der Waals surface area contributed by atoms with Crippen molar-refractivity contribution in [3.63, 3.8) is 0 Å². The smallest absolute Gasteiger partial charge is 0.139 e. The van der Waals surface area contributed by atoms with Crippen LogP contribution in [0.4, 0.5) is 0 Å². The molecule has 1 fully saturated rings. The Kier molecular flexibility index (Phi) is 11.5. The quantitative estimate of drug-likeness (QED) is 0.594. The van der Waals surface area contributed by atoms with Gasteiger partial charge in [-0.1, -0.05) is 25.2 Å². The number of hydrogen-bond donors (Lipinski definition) is 2. The van der Waals surface area contributed by atoms with Gasteiger partial charge in [0.15, 0.2) is 0 Å². The maximum atomic E-state index is 11.6. The summed E-state index contributed by atoms with van der Waals surface area (Å²) in [5.41, 5.74) is 1.27. The van der Waals surface area contributed by atoms with E-state index in [1.54, 1.807) is 6.08 Å². The van der Waals surface area contributed by atoms with Crippen LogP contribution in [0.15, 0.2) is 36.4 Å². The minimum Gasteiger partial charge on any atom is -0.421 e. The molecule has 0 amide bonds. The van der Waals surface area contributed by atoms with Crippen molar-refractivity contribution in [2.45, 2.75) is 38.9 Å². The Morgan fingerprint density at radius 2 is 2.21 bits per heavy atom. The average molecular weight is 405 g/mol. The molecular formula is C19H24O4Y-2. The summed E-state index contributed by atoms with van der Waals surface area (Å²) in [6.45, 7) is 6.84. The molecule has 1 saturated carbocycles. The van der Waals surface area contributed by atoms with Crippen LogP contribution in [-0.2, 0) is 42.3 Å². The summed E-state index contributed by atoms with van der Waals surface area (Å²) in [6, 6.07) is 10.8. The molecule has 24 heavy (non-hydrogen) atoms. The van der Waals surface area contributed by atoms with Crippen molar-refractivity contribution >= 4 is 11.6 Å². The molecule has 1 aliphatic rings. The second-order valence-corrected chi connectivity index (χ2v) is 5.86. The predicted octanol–water partition coefficient (Wildman–Crippen LogP) is 2.08. The summed E-state index contributed by atoms with van der Waals surface area (Å²) in [5.74, 6) is -0.993. The average Bonchev–Trinajstić information content (AvgIpc) is 2.72. The van der Waals surface area contributed by atoms with Crippen molar-refractivity contribution in [1.29, 1.82) is 0 Å². The normalized spacial score (nSPS) is 24.0. The first-order valence-corrected chi connectivity index (χ1v) is 7.63. The molecule has 1 aliphatic carbocycles. The van der Waals surface area contributed by atoms with E-state index in [0.29, 0.717) is 0 Å². The number of aliphatic hydroxyl groups excluding tert-OH is 2. The van der Waals surface area contributed by atoms with Crippen LogP contribution in [0.3, 0.4) is 0 Å². The molecule has 129 valence electrons. The summed E-state index contributed by atoms with van der Waals surface area (Å²) < 4.78 is 0. The zero-order valence-corrected chi connectivity index (χ0v) is 17.0. The summed E-state index contributed by atoms with van der Waals surface area (Å²) >= 11 is 0. The van der Waals surface area contributed by atoms with E-state index in [4.69, 9.17) is 5.11 Å². The van der Waals surface area contributed by atoms with Crippen LogP contribution in [0, 0.1) is 31.7 Å². The number of rotatable bonds is 4. The number of carbonyl (C=O) groups is 2. The SMILES string of the molecule is Cc1c[c-]ccc1.[CH2-][C@H](O)/C=C/[C@H]1[C@H](O)CC(=O)[C@@H]1CC(C)=O.[Y]. The van der Waals surface area contributed by atoms with Crippen molar-refractivity contribution in [1.82, 2.24) is 0 Å². The van der Waals surface area contributed by atoms with E-state index in [1.165, 1.54) is 18.6 Å². The fourth-order valence-corrected chi connectivity index (χ4v) is 2.54. The summed E-state index contributed by atoms with van der Waals surface area (Å²) in [6.07, 6.45) is 1.63. The Labute approximate surface area is 169 Å². The van der Waals surface area contributed by atoms with E-state index in [2.05, 4.69) is 26.0 Å². The van der Waals surface area contributed by atoms with Crippen LogP contribution in [0.2, 0.25) is 0 Å². The molecule has 0 unspecified atom stereocenters. The Balaban J connectivity index is 0.000000555. The van der Waals surface area contributed by atoms with Crippen LogP contribution in [0.5, 0.6) is 0 Å². The molecule has 0 aliphatic heterocycles. The van der Waals surface area contributed by atoms with Gasteiger partial charge in [0.1, 0.15) is 11.6 Å². The summed E-state index contributed by atoms with van der Waals surface area (Å²) in [5, 5.41) is 18.7. The number of benzene rings is 1. The van der Waals surface area contributed by atoms with Gasteiger partial charge in [-0.15, -0.1) is 0 Å². The van der Waals surface area contributed by atoms with Gasteiger partial charge in [-0.2, -0.15) is 35.9 Å². The maximum Gasteiger partial charge on any atom is 0.139 e. The van der Waals surface area contributed by atoms with Crippen molar-refractivity contribution in [3.8, 4) is 0 Å². The minimum absolute atomic E-state index is 0. The third-order valence-corrected chi connectivity index (χ3v) is 3.66. The number of hydrogen-bond acceptors (Lipinski definition) is 4. The first kappa shape index (κ1) is 23.3. The summed E-state index contributed by atoms with van der Waals surface area (Å²) in [4.78, 5) is 22.6. The van der Waals surface area contributed by atoms with Crippen LogP contribution < -0.4 is 0 Å². The zero-order valence-electron chi connectivity index (χ0n) is 14.2. The first-order chi connectivity index (χ1) is 10.8. The molecule has 0 saturated heterocycles. The van der Waals surface area contributed by atoms with Gasteiger partial charge in [0, 0.05) is 57.4 Å². The van der Waals surface area contributed by atoms with Gasteiger partial charge in [-0.05, 0) is 6.92 Å². The third-order valence-electron chi connectivity index (χ3n) is 3.66. The fourth-order valence-electron chi connectivity index (χ4n) is 2.54. The second kappa shape index (κ2) is 11.8. The van der Waals surface area contributed by atoms with Gasteiger partial charge in [0.25, 0.3) is 0 Å². The molecule has 0 aromatic heterocycles. The van der Waals surface area contributed by atoms with Crippen molar-refractivity contribution in [2.24, 2.45) is 11.8 Å². The molecule has 0 heterocycles. The van der Waals surface area contributed by atoms with Gasteiger partial charge in [0.2, 0.25) is 0 Å². The number of carbonyl (C=O) groups excluding carboxylic acids is 2. The molecule has 5 heteroatoms. The van der Waals surface area contributed by atoms with E-state index in [0.717, 1.165) is 0 Å². The largest absolute Gasteiger partial charge is 0.421 e. The molecule has 1 radical (unpaired) electrons. The van der Waals surface area contributed by atoms with Crippen LogP contribution >= 0.6 is 0 Å². The zero-order chi connectivity index (χ0) is 17.4. The number of ketones is 2. The molecule has 0 spiro atoms. The Hall–Kier alpha value is -0.676. The van der Waals surface area contributed by atoms with Crippen molar-refractivity contribution in [3.05, 3.63) is 55.0 Å². The minimum atomic E-state index is -0.860. The van der Waals surface area contributed by atoms with E-state index in [-0.39, 0.29) is 63.0 Å². The van der Waals surface area contributed by atoms with Crippen LogP contribution in [-0.4, -0.2) is 34.0 Å². The molecule has 4 atom stereocenters. The monoisotopic (exact) mass is 405 g/mol. The van der Waals surface area contributed by atoms with Crippen molar-refractivity contribution in [2.75, 3.05) is 0 Å². The van der Waals surface area contributed by atoms with Crippen molar-refractivity contribution < 1.29 is 52.5 Å². The third kappa shape index (κ3) is 8.43. The number of aryl methyl sites for hydroxylation is 1. The van der Waals surface area contributed by atoms with Gasteiger partial charge in [0.05, 0.1) is 6.10 Å². The topological polar surface area (TPSA) is 74.6 Å². The molecule has 0 bridgehead atoms. The summed E-state index contributed by atoms with van der Waals surface area (Å²) in [7, 11) is 0. The molecule has 1 aromatic rings. The number of Topliss-reactive ketones (excluding diaryl/α,β-unsaturated/α-hetero) is 2. The van der Waals surface area contributed by atoms with Crippen LogP contribution in [0.25, 0.3) is 0 Å². The fraction of sp³-hybridized carbons (Fsp3) is 0.421. The van der Waals surface area contributed by atoms with E-state index in [9.17, 15) is 14.7 Å². The standard InChI is InChI=1S/C12H17O4.C7H7.Y/c1-7(13)3-4-9-10(5-8(2)14)12(16)6-11(9)15;1-7-5-3-2-4-6-7;/h3-4,7,9-11,13,15H,1,5-6H2,2H3;2-3,5-6H,1H3;/q2*-1;/b4-3+;;/t7-,9+,10+,11+;;/m0../s1. The van der Waals surface area contributed by atoms with Gasteiger partial charge < -0.3 is 21.9 Å². The molecule has 2 rings (SSSR count). The van der Waals surface area contributed by atoms with E-state index in [1.807, 2.05) is 18.2 Å². The maximum absolute atomic E-state index is 11.6. The Bertz CT molecular complexity index is 540. The van der Waals surface area contributed by atoms with E-state index < -0.39 is 18.1 Å². The first-order valence-electron chi connectivity index (χ1n) is 7.63. The molecule has 2 N–H and O–H groups in total. The molecule has 4 nitrogen and oxygen atoms in total. The van der Waals surface area contributed by atoms with Gasteiger partial charge in [-0.3, -0.25) is 4.79 Å². The molecule has 1 aromatic carbocycles. The Morgan fingerprint density at radius 3 is 2.62 bits per heavy atom. The van der Waals surface area contributed by atoms with Gasteiger partial charge >= 0.3 is 0 Å². The second-order valence-electron chi connectivity index (χ2n) is 5.86. The molecular weight excluding hydrogens is 381 g/mol.